The Morgan fingerprint density at radius 1 is 1.30 bits per heavy atom. The Kier molecular flexibility index (Phi) is 4.43. The van der Waals surface area contributed by atoms with Gasteiger partial charge in [0.15, 0.2) is 0 Å². The van der Waals surface area contributed by atoms with Crippen LogP contribution in [0.15, 0.2) is 47.1 Å². The first-order chi connectivity index (χ1) is 11.2. The van der Waals surface area contributed by atoms with Crippen molar-refractivity contribution >= 4 is 17.5 Å². The van der Waals surface area contributed by atoms with Crippen LogP contribution in [0.4, 0.5) is 5.69 Å². The summed E-state index contributed by atoms with van der Waals surface area (Å²) in [4.78, 5) is 25.9. The van der Waals surface area contributed by atoms with Gasteiger partial charge in [-0.25, -0.2) is 0 Å². The molecule has 0 fully saturated rings. The number of nitrogens with zero attached hydrogens (tertiary/aromatic N) is 1. The van der Waals surface area contributed by atoms with E-state index in [1.807, 2.05) is 24.3 Å². The van der Waals surface area contributed by atoms with E-state index in [0.29, 0.717) is 18.6 Å². The van der Waals surface area contributed by atoms with Crippen molar-refractivity contribution in [3.8, 4) is 0 Å². The minimum atomic E-state index is -0.407. The summed E-state index contributed by atoms with van der Waals surface area (Å²) in [5.74, 6) is 0.212. The Morgan fingerprint density at radius 3 is 2.87 bits per heavy atom. The average Bonchev–Trinajstić information content (AvgIpc) is 3.16. The molecule has 120 valence electrons. The first-order valence-electron chi connectivity index (χ1n) is 7.51. The number of nitrogens with one attached hydrogen (secondary N) is 1. The normalized spacial score (nSPS) is 14.7. The Bertz CT molecular complexity index is 696. The minimum Gasteiger partial charge on any atom is -0.467 e. The van der Waals surface area contributed by atoms with E-state index in [2.05, 4.69) is 5.32 Å². The second kappa shape index (κ2) is 6.66. The summed E-state index contributed by atoms with van der Waals surface area (Å²) in [7, 11) is 0. The number of aliphatic hydroxyl groups excluding tert-OH is 1. The van der Waals surface area contributed by atoms with E-state index in [0.717, 1.165) is 11.3 Å². The highest BCUT2D eigenvalue weighted by atomic mass is 16.3. The molecule has 3 rings (SSSR count). The lowest BCUT2D eigenvalue weighted by molar-refractivity contribution is -0.123. The number of carbonyl (C=O) groups excluding carboxylic acids is 2. The number of amides is 2. The molecule has 0 radical (unpaired) electrons. The molecule has 2 amide bonds. The molecule has 0 saturated carbocycles. The molecule has 1 aliphatic rings. The highest BCUT2D eigenvalue weighted by Gasteiger charge is 2.29. The van der Waals surface area contributed by atoms with Crippen molar-refractivity contribution in [2.24, 2.45) is 0 Å². The van der Waals surface area contributed by atoms with Crippen LogP contribution < -0.4 is 10.2 Å². The van der Waals surface area contributed by atoms with E-state index in [4.69, 9.17) is 9.52 Å². The molecule has 0 spiro atoms. The standard InChI is InChI=1S/C17H18N2O4/c20-8-7-13(15-6-3-9-23-15)18-16(21)11-19-14-5-2-1-4-12(14)10-17(19)22/h1-6,9,13,20H,7-8,10-11H2,(H,18,21). The van der Waals surface area contributed by atoms with Crippen LogP contribution in [0.2, 0.25) is 0 Å². The van der Waals surface area contributed by atoms with Crippen LogP contribution in [0.25, 0.3) is 0 Å². The molecule has 1 aromatic heterocycles. The maximum absolute atomic E-state index is 12.3. The van der Waals surface area contributed by atoms with Gasteiger partial charge in [-0.2, -0.15) is 0 Å². The Labute approximate surface area is 133 Å². The van der Waals surface area contributed by atoms with E-state index in [9.17, 15) is 9.59 Å². The van der Waals surface area contributed by atoms with Crippen LogP contribution in [-0.2, 0) is 16.0 Å². The number of rotatable bonds is 6. The number of hydrogen-bond donors (Lipinski definition) is 2. The third-order valence-electron chi connectivity index (χ3n) is 3.87. The Morgan fingerprint density at radius 2 is 2.13 bits per heavy atom. The number of hydrogen-bond acceptors (Lipinski definition) is 4. The topological polar surface area (TPSA) is 82.8 Å². The monoisotopic (exact) mass is 314 g/mol. The fourth-order valence-corrected chi connectivity index (χ4v) is 2.78. The molecule has 1 aromatic carbocycles. The van der Waals surface area contributed by atoms with Crippen molar-refractivity contribution in [1.29, 1.82) is 0 Å². The number of para-hydroxylation sites is 1. The molecule has 6 nitrogen and oxygen atoms in total. The third-order valence-corrected chi connectivity index (χ3v) is 3.87. The van der Waals surface area contributed by atoms with Gasteiger partial charge in [-0.05, 0) is 30.2 Å². The number of fused-ring (bicyclic) bond motifs is 1. The van der Waals surface area contributed by atoms with Gasteiger partial charge in [0.1, 0.15) is 12.3 Å². The van der Waals surface area contributed by atoms with Crippen molar-refractivity contribution in [1.82, 2.24) is 5.32 Å². The molecule has 23 heavy (non-hydrogen) atoms. The van der Waals surface area contributed by atoms with Crippen molar-refractivity contribution in [2.45, 2.75) is 18.9 Å². The first-order valence-corrected chi connectivity index (χ1v) is 7.51. The first kappa shape index (κ1) is 15.3. The fraction of sp³-hybridized carbons (Fsp3) is 0.294. The predicted octanol–water partition coefficient (Wildman–Crippen LogP) is 1.41. The van der Waals surface area contributed by atoms with Gasteiger partial charge in [0.05, 0.1) is 18.7 Å². The molecule has 1 atom stereocenters. The number of furan rings is 1. The summed E-state index contributed by atoms with van der Waals surface area (Å²) >= 11 is 0. The minimum absolute atomic E-state index is 0.0432. The summed E-state index contributed by atoms with van der Waals surface area (Å²) in [5.41, 5.74) is 1.72. The van der Waals surface area contributed by atoms with E-state index in [1.54, 1.807) is 12.1 Å². The smallest absolute Gasteiger partial charge is 0.240 e. The van der Waals surface area contributed by atoms with Crippen molar-refractivity contribution in [2.75, 3.05) is 18.1 Å². The van der Waals surface area contributed by atoms with Crippen molar-refractivity contribution in [3.63, 3.8) is 0 Å². The van der Waals surface area contributed by atoms with Gasteiger partial charge in [0, 0.05) is 12.3 Å². The molecule has 1 aliphatic heterocycles. The molecule has 2 N–H and O–H groups in total. The quantitative estimate of drug-likeness (QED) is 0.844. The number of aliphatic hydroxyl groups is 1. The molecule has 0 bridgehead atoms. The maximum atomic E-state index is 12.3. The lowest BCUT2D eigenvalue weighted by Crippen LogP contribution is -2.40. The van der Waals surface area contributed by atoms with Crippen LogP contribution >= 0.6 is 0 Å². The summed E-state index contributed by atoms with van der Waals surface area (Å²) < 4.78 is 5.29. The van der Waals surface area contributed by atoms with Gasteiger partial charge >= 0.3 is 0 Å². The van der Waals surface area contributed by atoms with Crippen molar-refractivity contribution in [3.05, 3.63) is 54.0 Å². The van der Waals surface area contributed by atoms with E-state index in [1.165, 1.54) is 11.2 Å². The Balaban J connectivity index is 1.68. The second-order valence-electron chi connectivity index (χ2n) is 5.43. The second-order valence-corrected chi connectivity index (χ2v) is 5.43. The zero-order valence-electron chi connectivity index (χ0n) is 12.6. The molecule has 0 aliphatic carbocycles. The number of anilines is 1. The average molecular weight is 314 g/mol. The zero-order chi connectivity index (χ0) is 16.2. The molecule has 2 aromatic rings. The lowest BCUT2D eigenvalue weighted by atomic mass is 10.1. The summed E-state index contributed by atoms with van der Waals surface area (Å²) in [6.45, 7) is -0.115. The van der Waals surface area contributed by atoms with Gasteiger partial charge in [0.25, 0.3) is 0 Å². The highest BCUT2D eigenvalue weighted by molar-refractivity contribution is 6.04. The van der Waals surface area contributed by atoms with E-state index >= 15 is 0 Å². The van der Waals surface area contributed by atoms with Crippen LogP contribution in [0.3, 0.4) is 0 Å². The van der Waals surface area contributed by atoms with Gasteiger partial charge < -0.3 is 19.7 Å². The van der Waals surface area contributed by atoms with E-state index < -0.39 is 6.04 Å². The van der Waals surface area contributed by atoms with E-state index in [-0.39, 0.29) is 25.0 Å². The SMILES string of the molecule is O=C(CN1C(=O)Cc2ccccc21)NC(CCO)c1ccco1. The van der Waals surface area contributed by atoms with Crippen molar-refractivity contribution < 1.29 is 19.1 Å². The van der Waals surface area contributed by atoms with Crippen LogP contribution in [0.1, 0.15) is 23.8 Å². The molecule has 0 saturated heterocycles. The molecule has 2 heterocycles. The lowest BCUT2D eigenvalue weighted by Gasteiger charge is -2.20. The van der Waals surface area contributed by atoms with Gasteiger partial charge in [0.2, 0.25) is 11.8 Å². The largest absolute Gasteiger partial charge is 0.467 e. The number of benzene rings is 1. The number of carbonyl (C=O) groups is 2. The summed E-state index contributed by atoms with van der Waals surface area (Å²) in [5, 5.41) is 12.0. The van der Waals surface area contributed by atoms with Crippen LogP contribution in [0.5, 0.6) is 0 Å². The van der Waals surface area contributed by atoms with Gasteiger partial charge in [-0.15, -0.1) is 0 Å². The highest BCUT2D eigenvalue weighted by Crippen LogP contribution is 2.28. The molecular weight excluding hydrogens is 296 g/mol. The molecular formula is C17H18N2O4. The third kappa shape index (κ3) is 3.27. The molecule has 6 heteroatoms. The maximum Gasteiger partial charge on any atom is 0.240 e. The summed E-state index contributed by atoms with van der Waals surface area (Å²) in [6, 6.07) is 10.5. The van der Waals surface area contributed by atoms with Gasteiger partial charge in [-0.1, -0.05) is 18.2 Å². The fourth-order valence-electron chi connectivity index (χ4n) is 2.78. The predicted molar refractivity (Wildman–Crippen MR) is 83.8 cm³/mol. The zero-order valence-corrected chi connectivity index (χ0v) is 12.6. The van der Waals surface area contributed by atoms with Crippen LogP contribution in [0, 0.1) is 0 Å². The van der Waals surface area contributed by atoms with Gasteiger partial charge in [-0.3, -0.25) is 9.59 Å². The Hall–Kier alpha value is -2.60. The summed E-state index contributed by atoms with van der Waals surface area (Å²) in [6.07, 6.45) is 2.19. The van der Waals surface area contributed by atoms with Crippen LogP contribution in [-0.4, -0.2) is 30.1 Å². The molecule has 1 unspecified atom stereocenters.